The van der Waals surface area contributed by atoms with Gasteiger partial charge in [-0.2, -0.15) is 0 Å². The van der Waals surface area contributed by atoms with Gasteiger partial charge in [-0.25, -0.2) is 0 Å². The van der Waals surface area contributed by atoms with E-state index < -0.39 is 0 Å². The van der Waals surface area contributed by atoms with Crippen molar-refractivity contribution >= 4 is 5.96 Å². The Balaban J connectivity index is 1.91. The van der Waals surface area contributed by atoms with Gasteiger partial charge in [-0.3, -0.25) is 4.99 Å². The normalized spacial score (nSPS) is 28.7. The van der Waals surface area contributed by atoms with Crippen LogP contribution in [0.5, 0.6) is 0 Å². The van der Waals surface area contributed by atoms with Crippen LogP contribution in [-0.2, 0) is 4.74 Å². The fraction of sp³-hybridized carbons (Fsp3) is 0.938. The molecule has 2 saturated carbocycles. The van der Waals surface area contributed by atoms with Crippen LogP contribution in [-0.4, -0.2) is 49.5 Å². The van der Waals surface area contributed by atoms with Crippen molar-refractivity contribution in [2.75, 3.05) is 26.3 Å². The van der Waals surface area contributed by atoms with Crippen LogP contribution in [0.3, 0.4) is 0 Å². The van der Waals surface area contributed by atoms with Crippen LogP contribution in [0.25, 0.3) is 0 Å². The quantitative estimate of drug-likeness (QED) is 0.492. The summed E-state index contributed by atoms with van der Waals surface area (Å²) >= 11 is 0. The van der Waals surface area contributed by atoms with Crippen molar-refractivity contribution in [3.8, 4) is 0 Å². The standard InChI is InChI=1S/C16H31N3O2/c1-4-17-15(18-10-12(3)11-20)19-13-9-14(21-5-2)16(13)7-6-8-16/h12-14,20H,4-11H2,1-3H3,(H2,17,18,19). The monoisotopic (exact) mass is 297 g/mol. The number of aliphatic hydroxyl groups excluding tert-OH is 1. The minimum absolute atomic E-state index is 0.183. The predicted molar refractivity (Wildman–Crippen MR) is 85.5 cm³/mol. The van der Waals surface area contributed by atoms with Crippen LogP contribution in [0, 0.1) is 11.3 Å². The number of nitrogens with zero attached hydrogens (tertiary/aromatic N) is 1. The number of ether oxygens (including phenoxy) is 1. The summed E-state index contributed by atoms with van der Waals surface area (Å²) < 4.78 is 5.89. The zero-order valence-electron chi connectivity index (χ0n) is 13.7. The summed E-state index contributed by atoms with van der Waals surface area (Å²) in [5.41, 5.74) is 0.342. The van der Waals surface area contributed by atoms with Gasteiger partial charge in [0.25, 0.3) is 0 Å². The number of rotatable bonds is 7. The smallest absolute Gasteiger partial charge is 0.191 e. The number of hydrogen-bond donors (Lipinski definition) is 3. The Kier molecular flexibility index (Phi) is 5.88. The zero-order chi connectivity index (χ0) is 15.3. The molecular formula is C16H31N3O2. The van der Waals surface area contributed by atoms with Crippen LogP contribution in [0.4, 0.5) is 0 Å². The van der Waals surface area contributed by atoms with Gasteiger partial charge in [0, 0.05) is 37.8 Å². The fourth-order valence-electron chi connectivity index (χ4n) is 3.43. The second kappa shape index (κ2) is 7.45. The molecule has 0 bridgehead atoms. The van der Waals surface area contributed by atoms with E-state index in [1.807, 2.05) is 6.92 Å². The van der Waals surface area contributed by atoms with Gasteiger partial charge in [-0.1, -0.05) is 13.3 Å². The zero-order valence-corrected chi connectivity index (χ0v) is 13.7. The Hall–Kier alpha value is -0.810. The molecule has 3 unspecified atom stereocenters. The Morgan fingerprint density at radius 2 is 2.19 bits per heavy atom. The Labute approximate surface area is 128 Å². The summed E-state index contributed by atoms with van der Waals surface area (Å²) in [5, 5.41) is 16.0. The van der Waals surface area contributed by atoms with E-state index in [2.05, 4.69) is 29.5 Å². The molecule has 0 aromatic carbocycles. The third-order valence-electron chi connectivity index (χ3n) is 4.97. The number of hydrogen-bond acceptors (Lipinski definition) is 3. The molecule has 2 rings (SSSR count). The average Bonchev–Trinajstić information content (AvgIpc) is 2.41. The van der Waals surface area contributed by atoms with Crippen molar-refractivity contribution in [3.63, 3.8) is 0 Å². The van der Waals surface area contributed by atoms with Crippen molar-refractivity contribution in [2.45, 2.75) is 58.6 Å². The summed E-state index contributed by atoms with van der Waals surface area (Å²) in [4.78, 5) is 4.59. The lowest BCUT2D eigenvalue weighted by molar-refractivity contribution is -0.168. The largest absolute Gasteiger partial charge is 0.396 e. The minimum Gasteiger partial charge on any atom is -0.396 e. The number of aliphatic hydroxyl groups is 1. The third-order valence-corrected chi connectivity index (χ3v) is 4.97. The van der Waals surface area contributed by atoms with Gasteiger partial charge in [-0.05, 0) is 39.0 Å². The highest BCUT2D eigenvalue weighted by Gasteiger charge is 2.59. The van der Waals surface area contributed by atoms with Gasteiger partial charge >= 0.3 is 0 Å². The molecular weight excluding hydrogens is 266 g/mol. The lowest BCUT2D eigenvalue weighted by atomic mass is 9.51. The summed E-state index contributed by atoms with van der Waals surface area (Å²) in [6.07, 6.45) is 5.35. The minimum atomic E-state index is 0.183. The van der Waals surface area contributed by atoms with Gasteiger partial charge < -0.3 is 20.5 Å². The average molecular weight is 297 g/mol. The number of nitrogens with one attached hydrogen (secondary N) is 2. The van der Waals surface area contributed by atoms with Crippen molar-refractivity contribution in [2.24, 2.45) is 16.3 Å². The topological polar surface area (TPSA) is 65.9 Å². The van der Waals surface area contributed by atoms with Crippen LogP contribution < -0.4 is 10.6 Å². The van der Waals surface area contributed by atoms with Crippen molar-refractivity contribution in [1.82, 2.24) is 10.6 Å². The first-order valence-corrected chi connectivity index (χ1v) is 8.43. The van der Waals surface area contributed by atoms with Gasteiger partial charge in [0.1, 0.15) is 0 Å². The molecule has 0 aromatic rings. The SMILES string of the molecule is CCNC(=NCC(C)CO)NC1CC(OCC)C12CCC2. The van der Waals surface area contributed by atoms with Crippen molar-refractivity contribution in [3.05, 3.63) is 0 Å². The molecule has 0 aliphatic heterocycles. The maximum absolute atomic E-state index is 9.11. The second-order valence-electron chi connectivity index (χ2n) is 6.47. The van der Waals surface area contributed by atoms with E-state index in [0.717, 1.165) is 25.5 Å². The van der Waals surface area contributed by atoms with E-state index >= 15 is 0 Å². The van der Waals surface area contributed by atoms with E-state index in [-0.39, 0.29) is 12.5 Å². The van der Waals surface area contributed by atoms with Gasteiger partial charge in [0.05, 0.1) is 6.10 Å². The van der Waals surface area contributed by atoms with Gasteiger partial charge in [0.2, 0.25) is 0 Å². The molecule has 5 heteroatoms. The molecule has 2 aliphatic carbocycles. The van der Waals surface area contributed by atoms with E-state index in [0.29, 0.717) is 24.1 Å². The molecule has 21 heavy (non-hydrogen) atoms. The summed E-state index contributed by atoms with van der Waals surface area (Å²) in [7, 11) is 0. The highest BCUT2D eigenvalue weighted by atomic mass is 16.5. The first-order chi connectivity index (χ1) is 10.2. The molecule has 0 amide bonds. The fourth-order valence-corrected chi connectivity index (χ4v) is 3.43. The predicted octanol–water partition coefficient (Wildman–Crippen LogP) is 1.52. The Morgan fingerprint density at radius 1 is 1.43 bits per heavy atom. The molecule has 0 heterocycles. The molecule has 3 atom stereocenters. The number of aliphatic imine (C=N–C) groups is 1. The summed E-state index contributed by atoms with van der Waals surface area (Å²) in [6.45, 7) is 8.66. The first kappa shape index (κ1) is 16.6. The molecule has 0 aromatic heterocycles. The first-order valence-electron chi connectivity index (χ1n) is 8.43. The van der Waals surface area contributed by atoms with Crippen LogP contribution in [0.1, 0.15) is 46.5 Å². The van der Waals surface area contributed by atoms with E-state index in [1.165, 1.54) is 19.3 Å². The molecule has 2 aliphatic rings. The number of guanidine groups is 1. The molecule has 3 N–H and O–H groups in total. The molecule has 5 nitrogen and oxygen atoms in total. The van der Waals surface area contributed by atoms with Crippen LogP contribution >= 0.6 is 0 Å². The van der Waals surface area contributed by atoms with Crippen LogP contribution in [0.15, 0.2) is 4.99 Å². The van der Waals surface area contributed by atoms with Gasteiger partial charge in [0.15, 0.2) is 5.96 Å². The highest BCUT2D eigenvalue weighted by molar-refractivity contribution is 5.80. The summed E-state index contributed by atoms with van der Waals surface area (Å²) in [5.74, 6) is 1.08. The molecule has 122 valence electrons. The van der Waals surface area contributed by atoms with E-state index in [4.69, 9.17) is 9.84 Å². The third kappa shape index (κ3) is 3.51. The maximum Gasteiger partial charge on any atom is 0.191 e. The van der Waals surface area contributed by atoms with E-state index in [1.54, 1.807) is 0 Å². The second-order valence-corrected chi connectivity index (χ2v) is 6.47. The van der Waals surface area contributed by atoms with Crippen molar-refractivity contribution in [1.29, 1.82) is 0 Å². The molecule has 1 spiro atoms. The molecule has 0 saturated heterocycles. The van der Waals surface area contributed by atoms with Crippen LogP contribution in [0.2, 0.25) is 0 Å². The van der Waals surface area contributed by atoms with Crippen molar-refractivity contribution < 1.29 is 9.84 Å². The molecule has 0 radical (unpaired) electrons. The van der Waals surface area contributed by atoms with E-state index in [9.17, 15) is 0 Å². The van der Waals surface area contributed by atoms with Gasteiger partial charge in [-0.15, -0.1) is 0 Å². The Bertz CT molecular complexity index is 355. The maximum atomic E-state index is 9.11. The highest BCUT2D eigenvalue weighted by Crippen LogP contribution is 2.57. The Morgan fingerprint density at radius 3 is 2.71 bits per heavy atom. The molecule has 2 fully saturated rings. The summed E-state index contributed by atoms with van der Waals surface area (Å²) in [6, 6.07) is 0.477. The lowest BCUT2D eigenvalue weighted by Crippen LogP contribution is -2.68. The lowest BCUT2D eigenvalue weighted by Gasteiger charge is -2.61.